The third-order valence-electron chi connectivity index (χ3n) is 0.761. The van der Waals surface area contributed by atoms with Gasteiger partial charge in [0.15, 0.2) is 0 Å². The van der Waals surface area contributed by atoms with Crippen LogP contribution in [0.2, 0.25) is 0 Å². The van der Waals surface area contributed by atoms with E-state index in [4.69, 9.17) is 0 Å². The predicted molar refractivity (Wildman–Crippen MR) is 36.7 cm³/mol. The van der Waals surface area contributed by atoms with Gasteiger partial charge in [0, 0.05) is 13.5 Å². The van der Waals surface area contributed by atoms with Gasteiger partial charge in [-0.05, 0) is 0 Å². The summed E-state index contributed by atoms with van der Waals surface area (Å²) in [6.07, 6.45) is 0. The topological polar surface area (TPSA) is 89.3 Å². The van der Waals surface area contributed by atoms with E-state index in [1.54, 1.807) is 0 Å². The number of hydrogen-bond donors (Lipinski definition) is 2. The van der Waals surface area contributed by atoms with E-state index in [1.165, 1.54) is 6.92 Å². The van der Waals surface area contributed by atoms with E-state index in [1.807, 2.05) is 0 Å². The number of nitrogens with one attached hydrogen (secondary N) is 1. The minimum atomic E-state index is -3.43. The highest BCUT2D eigenvalue weighted by molar-refractivity contribution is 7.89. The van der Waals surface area contributed by atoms with Gasteiger partial charge in [0.05, 0.1) is 5.75 Å². The summed E-state index contributed by atoms with van der Waals surface area (Å²) < 4.78 is 20.5. The summed E-state index contributed by atoms with van der Waals surface area (Å²) in [4.78, 5) is 10.2. The molecular formula is C4H10N2O3S. The number of primary sulfonamides is 1. The molecule has 0 aromatic heterocycles. The van der Waals surface area contributed by atoms with Gasteiger partial charge in [-0.3, -0.25) is 4.79 Å². The van der Waals surface area contributed by atoms with Crippen LogP contribution in [-0.2, 0) is 14.8 Å². The first-order valence-electron chi connectivity index (χ1n) is 2.67. The Morgan fingerprint density at radius 2 is 2.10 bits per heavy atom. The molecule has 3 N–H and O–H groups in total. The molecule has 0 bridgehead atoms. The largest absolute Gasteiger partial charge is 0.355 e. The van der Waals surface area contributed by atoms with Crippen LogP contribution in [0.5, 0.6) is 0 Å². The summed E-state index contributed by atoms with van der Waals surface area (Å²) in [6, 6.07) is 0. The van der Waals surface area contributed by atoms with Gasteiger partial charge >= 0.3 is 0 Å². The summed E-state index contributed by atoms with van der Waals surface area (Å²) in [6.45, 7) is 1.39. The third-order valence-corrected chi connectivity index (χ3v) is 1.53. The van der Waals surface area contributed by atoms with E-state index in [9.17, 15) is 13.2 Å². The Labute approximate surface area is 59.6 Å². The van der Waals surface area contributed by atoms with E-state index in [-0.39, 0.29) is 18.2 Å². The number of sulfonamides is 1. The van der Waals surface area contributed by atoms with Crippen molar-refractivity contribution in [1.82, 2.24) is 5.32 Å². The molecule has 0 heterocycles. The lowest BCUT2D eigenvalue weighted by Crippen LogP contribution is -2.29. The summed E-state index contributed by atoms with van der Waals surface area (Å²) in [5.74, 6) is -0.476. The predicted octanol–water partition coefficient (Wildman–Crippen LogP) is -1.59. The van der Waals surface area contributed by atoms with E-state index in [0.29, 0.717) is 0 Å². The van der Waals surface area contributed by atoms with E-state index in [2.05, 4.69) is 10.5 Å². The van der Waals surface area contributed by atoms with E-state index >= 15 is 0 Å². The van der Waals surface area contributed by atoms with Gasteiger partial charge in [0.1, 0.15) is 0 Å². The molecule has 0 saturated carbocycles. The first-order valence-corrected chi connectivity index (χ1v) is 4.38. The van der Waals surface area contributed by atoms with Gasteiger partial charge in [-0.15, -0.1) is 0 Å². The fraction of sp³-hybridized carbons (Fsp3) is 0.750. The van der Waals surface area contributed by atoms with Crippen LogP contribution in [0, 0.1) is 0 Å². The van der Waals surface area contributed by atoms with Crippen molar-refractivity contribution in [1.29, 1.82) is 0 Å². The molecule has 0 atom stereocenters. The van der Waals surface area contributed by atoms with Crippen LogP contribution in [0.25, 0.3) is 0 Å². The molecule has 0 rings (SSSR count). The van der Waals surface area contributed by atoms with Crippen molar-refractivity contribution in [2.45, 2.75) is 6.92 Å². The Morgan fingerprint density at radius 3 is 2.40 bits per heavy atom. The first kappa shape index (κ1) is 9.38. The first-order chi connectivity index (χ1) is 4.42. The van der Waals surface area contributed by atoms with Gasteiger partial charge in [0.2, 0.25) is 15.9 Å². The molecule has 0 aromatic carbocycles. The van der Waals surface area contributed by atoms with Crippen LogP contribution in [0.1, 0.15) is 6.92 Å². The molecule has 6 heteroatoms. The van der Waals surface area contributed by atoms with Crippen molar-refractivity contribution in [3.63, 3.8) is 0 Å². The zero-order chi connectivity index (χ0) is 8.20. The number of amides is 1. The van der Waals surface area contributed by atoms with Gasteiger partial charge in [-0.1, -0.05) is 0 Å². The van der Waals surface area contributed by atoms with Crippen molar-refractivity contribution in [3.05, 3.63) is 0 Å². The molecule has 0 aromatic rings. The van der Waals surface area contributed by atoms with Crippen LogP contribution in [0.3, 0.4) is 0 Å². The molecule has 60 valence electrons. The molecule has 0 spiro atoms. The SMILES string of the molecule is CC(=O)NCCS(N)(=O)=O. The molecule has 1 amide bonds. The van der Waals surface area contributed by atoms with Crippen molar-refractivity contribution >= 4 is 15.9 Å². The highest BCUT2D eigenvalue weighted by Gasteiger charge is 2.00. The van der Waals surface area contributed by atoms with Gasteiger partial charge in [-0.2, -0.15) is 0 Å². The monoisotopic (exact) mass is 166 g/mol. The third kappa shape index (κ3) is 7.38. The highest BCUT2D eigenvalue weighted by atomic mass is 32.2. The summed E-state index contributed by atoms with van der Waals surface area (Å²) in [5.41, 5.74) is 0. The molecule has 10 heavy (non-hydrogen) atoms. The molecule has 0 radical (unpaired) electrons. The molecular weight excluding hydrogens is 156 g/mol. The summed E-state index contributed by atoms with van der Waals surface area (Å²) in [7, 11) is -3.43. The minimum Gasteiger partial charge on any atom is -0.355 e. The van der Waals surface area contributed by atoms with Crippen molar-refractivity contribution in [3.8, 4) is 0 Å². The Bertz CT molecular complexity index is 209. The minimum absolute atomic E-state index is 0.0775. The number of nitrogens with two attached hydrogens (primary N) is 1. The molecule has 5 nitrogen and oxygen atoms in total. The van der Waals surface area contributed by atoms with Crippen molar-refractivity contribution in [2.24, 2.45) is 5.14 Å². The molecule has 0 unspecified atom stereocenters. The lowest BCUT2D eigenvalue weighted by Gasteiger charge is -1.98. The standard InChI is InChI=1S/C4H10N2O3S/c1-4(7)6-2-3-10(5,8)9/h2-3H2,1H3,(H,6,7)(H2,5,8,9). The van der Waals surface area contributed by atoms with Gasteiger partial charge < -0.3 is 5.32 Å². The van der Waals surface area contributed by atoms with Crippen LogP contribution in [-0.4, -0.2) is 26.6 Å². The second-order valence-corrected chi connectivity index (χ2v) is 3.58. The summed E-state index contributed by atoms with van der Waals surface area (Å²) in [5, 5.41) is 6.95. The fourth-order valence-corrected chi connectivity index (χ4v) is 0.756. The number of hydrogen-bond acceptors (Lipinski definition) is 3. The van der Waals surface area contributed by atoms with E-state index < -0.39 is 10.0 Å². The van der Waals surface area contributed by atoms with Crippen molar-refractivity contribution in [2.75, 3.05) is 12.3 Å². The quantitative estimate of drug-likeness (QED) is 0.529. The molecule has 0 aliphatic heterocycles. The van der Waals surface area contributed by atoms with Crippen molar-refractivity contribution < 1.29 is 13.2 Å². The molecule has 0 fully saturated rings. The number of rotatable bonds is 3. The Balaban J connectivity index is 3.49. The summed E-state index contributed by atoms with van der Waals surface area (Å²) >= 11 is 0. The molecule has 0 aliphatic rings. The van der Waals surface area contributed by atoms with Crippen LogP contribution in [0.4, 0.5) is 0 Å². The fourth-order valence-electron chi connectivity index (χ4n) is 0.369. The van der Waals surface area contributed by atoms with Gasteiger partial charge in [0.25, 0.3) is 0 Å². The highest BCUT2D eigenvalue weighted by Crippen LogP contribution is 1.73. The average Bonchev–Trinajstić information content (AvgIpc) is 1.59. The zero-order valence-corrected chi connectivity index (χ0v) is 6.44. The Kier molecular flexibility index (Phi) is 3.31. The lowest BCUT2D eigenvalue weighted by atomic mass is 10.6. The van der Waals surface area contributed by atoms with Crippen LogP contribution in [0.15, 0.2) is 0 Å². The average molecular weight is 166 g/mol. The zero-order valence-electron chi connectivity index (χ0n) is 5.62. The Hall–Kier alpha value is -0.620. The maximum Gasteiger partial charge on any atom is 0.216 e. The van der Waals surface area contributed by atoms with Gasteiger partial charge in [-0.25, -0.2) is 13.6 Å². The van der Waals surface area contributed by atoms with Crippen LogP contribution < -0.4 is 10.5 Å². The maximum atomic E-state index is 10.2. The lowest BCUT2D eigenvalue weighted by molar-refractivity contribution is -0.118. The number of carbonyl (C=O) groups is 1. The van der Waals surface area contributed by atoms with E-state index in [0.717, 1.165) is 0 Å². The second kappa shape index (κ2) is 3.52. The molecule has 0 saturated heterocycles. The smallest absolute Gasteiger partial charge is 0.216 e. The van der Waals surface area contributed by atoms with Crippen LogP contribution >= 0.6 is 0 Å². The maximum absolute atomic E-state index is 10.2. The molecule has 0 aliphatic carbocycles. The Morgan fingerprint density at radius 1 is 1.60 bits per heavy atom. The number of carbonyl (C=O) groups excluding carboxylic acids is 1. The second-order valence-electron chi connectivity index (χ2n) is 1.85. The normalized spacial score (nSPS) is 11.0.